The molecule has 1 fully saturated rings. The van der Waals surface area contributed by atoms with E-state index in [1.807, 2.05) is 12.1 Å². The molecule has 0 amide bonds. The van der Waals surface area contributed by atoms with Crippen LogP contribution in [0.15, 0.2) is 30.6 Å². The van der Waals surface area contributed by atoms with Gasteiger partial charge in [0.2, 0.25) is 0 Å². The van der Waals surface area contributed by atoms with Gasteiger partial charge in [0, 0.05) is 18.8 Å². The van der Waals surface area contributed by atoms with Gasteiger partial charge in [-0.05, 0) is 37.5 Å². The van der Waals surface area contributed by atoms with Crippen molar-refractivity contribution in [2.45, 2.75) is 19.8 Å². The molecule has 0 saturated carbocycles. The van der Waals surface area contributed by atoms with Crippen LogP contribution in [0.4, 0.5) is 23.0 Å². The van der Waals surface area contributed by atoms with Crippen LogP contribution in [0.25, 0.3) is 0 Å². The van der Waals surface area contributed by atoms with Gasteiger partial charge in [0.15, 0.2) is 11.6 Å². The fraction of sp³-hybridized carbons (Fsp3) is 0.333. The van der Waals surface area contributed by atoms with Gasteiger partial charge in [-0.1, -0.05) is 12.1 Å². The summed E-state index contributed by atoms with van der Waals surface area (Å²) in [6.07, 6.45) is 3.97. The molecule has 0 atom stereocenters. The lowest BCUT2D eigenvalue weighted by molar-refractivity contribution is 0.931. The normalized spacial score (nSPS) is 14.6. The molecule has 5 nitrogen and oxygen atoms in total. The fourth-order valence-electron chi connectivity index (χ4n) is 2.53. The van der Waals surface area contributed by atoms with Gasteiger partial charge in [-0.2, -0.15) is 0 Å². The van der Waals surface area contributed by atoms with E-state index in [2.05, 4.69) is 39.2 Å². The second kappa shape index (κ2) is 5.36. The van der Waals surface area contributed by atoms with Crippen LogP contribution >= 0.6 is 0 Å². The van der Waals surface area contributed by atoms with Gasteiger partial charge in [0.1, 0.15) is 12.0 Å². The van der Waals surface area contributed by atoms with Crippen LogP contribution in [0.3, 0.4) is 0 Å². The highest BCUT2D eigenvalue weighted by Crippen LogP contribution is 2.30. The minimum atomic E-state index is 0.621. The van der Waals surface area contributed by atoms with Crippen LogP contribution in [-0.4, -0.2) is 23.1 Å². The number of anilines is 4. The van der Waals surface area contributed by atoms with Crippen LogP contribution < -0.4 is 16.0 Å². The molecule has 1 saturated heterocycles. The van der Waals surface area contributed by atoms with Crippen molar-refractivity contribution in [2.75, 3.05) is 29.0 Å². The van der Waals surface area contributed by atoms with Gasteiger partial charge in [-0.15, -0.1) is 0 Å². The molecule has 5 heteroatoms. The van der Waals surface area contributed by atoms with Crippen molar-refractivity contribution in [3.8, 4) is 0 Å². The number of hydrogen-bond acceptors (Lipinski definition) is 5. The van der Waals surface area contributed by atoms with Gasteiger partial charge in [-0.3, -0.25) is 0 Å². The van der Waals surface area contributed by atoms with E-state index in [1.165, 1.54) is 18.4 Å². The quantitative estimate of drug-likeness (QED) is 0.896. The van der Waals surface area contributed by atoms with E-state index < -0.39 is 0 Å². The summed E-state index contributed by atoms with van der Waals surface area (Å²) in [6.45, 7) is 4.10. The molecule has 1 aromatic carbocycles. The first-order valence-electron chi connectivity index (χ1n) is 6.93. The SMILES string of the molecule is Cc1cccc(Nc2ncnc(N3CCCC3)c2N)c1. The Morgan fingerprint density at radius 1 is 1.20 bits per heavy atom. The average molecular weight is 269 g/mol. The second-order valence-corrected chi connectivity index (χ2v) is 5.15. The van der Waals surface area contributed by atoms with E-state index in [9.17, 15) is 0 Å². The maximum atomic E-state index is 6.22. The van der Waals surface area contributed by atoms with E-state index in [-0.39, 0.29) is 0 Å². The predicted molar refractivity (Wildman–Crippen MR) is 82.4 cm³/mol. The summed E-state index contributed by atoms with van der Waals surface area (Å²) >= 11 is 0. The molecule has 1 aromatic heterocycles. The molecule has 104 valence electrons. The third kappa shape index (κ3) is 2.52. The predicted octanol–water partition coefficient (Wildman–Crippen LogP) is 2.71. The highest BCUT2D eigenvalue weighted by atomic mass is 15.2. The molecule has 0 aliphatic carbocycles. The molecule has 2 aromatic rings. The number of nitrogens with two attached hydrogens (primary N) is 1. The maximum absolute atomic E-state index is 6.22. The van der Waals surface area contributed by atoms with Gasteiger partial charge >= 0.3 is 0 Å². The Hall–Kier alpha value is -2.30. The Morgan fingerprint density at radius 3 is 2.75 bits per heavy atom. The van der Waals surface area contributed by atoms with E-state index >= 15 is 0 Å². The number of nitrogen functional groups attached to an aromatic ring is 1. The topological polar surface area (TPSA) is 67.1 Å². The van der Waals surface area contributed by atoms with Crippen molar-refractivity contribution in [3.63, 3.8) is 0 Å². The zero-order valence-corrected chi connectivity index (χ0v) is 11.6. The summed E-state index contributed by atoms with van der Waals surface area (Å²) in [5, 5.41) is 3.27. The third-order valence-electron chi connectivity index (χ3n) is 3.55. The second-order valence-electron chi connectivity index (χ2n) is 5.15. The zero-order valence-electron chi connectivity index (χ0n) is 11.6. The van der Waals surface area contributed by atoms with Gasteiger partial charge < -0.3 is 16.0 Å². The summed E-state index contributed by atoms with van der Waals surface area (Å²) in [7, 11) is 0. The van der Waals surface area contributed by atoms with Gasteiger partial charge in [-0.25, -0.2) is 9.97 Å². The standard InChI is InChI=1S/C15H19N5/c1-11-5-4-6-12(9-11)19-14-13(16)15(18-10-17-14)20-7-2-3-8-20/h4-6,9-10H,2-3,7-8,16H2,1H3,(H,17,18,19). The number of nitrogens with one attached hydrogen (secondary N) is 1. The number of nitrogens with zero attached hydrogens (tertiary/aromatic N) is 3. The summed E-state index contributed by atoms with van der Waals surface area (Å²) in [5.74, 6) is 1.51. The lowest BCUT2D eigenvalue weighted by Crippen LogP contribution is -2.21. The number of rotatable bonds is 3. The van der Waals surface area contributed by atoms with Crippen LogP contribution in [0.2, 0.25) is 0 Å². The first-order valence-corrected chi connectivity index (χ1v) is 6.93. The fourth-order valence-corrected chi connectivity index (χ4v) is 2.53. The van der Waals surface area contributed by atoms with Crippen molar-refractivity contribution in [1.82, 2.24) is 9.97 Å². The van der Waals surface area contributed by atoms with Crippen molar-refractivity contribution in [2.24, 2.45) is 0 Å². The zero-order chi connectivity index (χ0) is 13.9. The molecule has 2 heterocycles. The van der Waals surface area contributed by atoms with Gasteiger partial charge in [0.25, 0.3) is 0 Å². The Labute approximate surface area is 118 Å². The first kappa shape index (κ1) is 12.7. The maximum Gasteiger partial charge on any atom is 0.159 e. The van der Waals surface area contributed by atoms with Crippen molar-refractivity contribution >= 4 is 23.0 Å². The van der Waals surface area contributed by atoms with E-state index in [4.69, 9.17) is 5.73 Å². The minimum absolute atomic E-state index is 0.621. The molecule has 20 heavy (non-hydrogen) atoms. The lowest BCUT2D eigenvalue weighted by Gasteiger charge is -2.19. The molecule has 0 bridgehead atoms. The van der Waals surface area contributed by atoms with Crippen LogP contribution in [0, 0.1) is 6.92 Å². The van der Waals surface area contributed by atoms with Crippen molar-refractivity contribution in [3.05, 3.63) is 36.2 Å². The molecule has 1 aliphatic heterocycles. The largest absolute Gasteiger partial charge is 0.393 e. The van der Waals surface area contributed by atoms with Gasteiger partial charge in [0.05, 0.1) is 0 Å². The Balaban J connectivity index is 1.88. The molecule has 0 spiro atoms. The first-order chi connectivity index (χ1) is 9.74. The van der Waals surface area contributed by atoms with E-state index in [0.717, 1.165) is 24.6 Å². The number of benzene rings is 1. The summed E-state index contributed by atoms with van der Waals surface area (Å²) in [5.41, 5.74) is 9.03. The molecular weight excluding hydrogens is 250 g/mol. The minimum Gasteiger partial charge on any atom is -0.393 e. The van der Waals surface area contributed by atoms with E-state index in [0.29, 0.717) is 11.5 Å². The Morgan fingerprint density at radius 2 is 2.00 bits per heavy atom. The Bertz CT molecular complexity index is 605. The van der Waals surface area contributed by atoms with Crippen LogP contribution in [0.1, 0.15) is 18.4 Å². The summed E-state index contributed by atoms with van der Waals surface area (Å²) in [6, 6.07) is 8.14. The van der Waals surface area contributed by atoms with Crippen LogP contribution in [-0.2, 0) is 0 Å². The Kier molecular flexibility index (Phi) is 3.41. The highest BCUT2D eigenvalue weighted by Gasteiger charge is 2.18. The van der Waals surface area contributed by atoms with Crippen LogP contribution in [0.5, 0.6) is 0 Å². The number of aryl methyl sites for hydroxylation is 1. The van der Waals surface area contributed by atoms with Crippen molar-refractivity contribution in [1.29, 1.82) is 0 Å². The lowest BCUT2D eigenvalue weighted by atomic mass is 10.2. The molecule has 3 N–H and O–H groups in total. The monoisotopic (exact) mass is 269 g/mol. The number of hydrogen-bond donors (Lipinski definition) is 2. The highest BCUT2D eigenvalue weighted by molar-refractivity contribution is 5.78. The molecular formula is C15H19N5. The average Bonchev–Trinajstić information content (AvgIpc) is 2.95. The molecule has 0 unspecified atom stereocenters. The number of aromatic nitrogens is 2. The smallest absolute Gasteiger partial charge is 0.159 e. The third-order valence-corrected chi connectivity index (χ3v) is 3.55. The molecule has 1 aliphatic rings. The molecule has 3 rings (SSSR count). The molecule has 0 radical (unpaired) electrons. The summed E-state index contributed by atoms with van der Waals surface area (Å²) < 4.78 is 0. The van der Waals surface area contributed by atoms with E-state index in [1.54, 1.807) is 6.33 Å². The van der Waals surface area contributed by atoms with Crippen molar-refractivity contribution < 1.29 is 0 Å². The summed E-state index contributed by atoms with van der Waals surface area (Å²) in [4.78, 5) is 10.8.